The lowest BCUT2D eigenvalue weighted by atomic mass is 9.86. The molecular weight excluding hydrogens is 306 g/mol. The summed E-state index contributed by atoms with van der Waals surface area (Å²) in [5.74, 6) is -0.864. The van der Waals surface area contributed by atoms with E-state index in [1.807, 2.05) is 35.7 Å². The minimum absolute atomic E-state index is 0.419. The minimum Gasteiger partial charge on any atom is -0.478 e. The van der Waals surface area contributed by atoms with Gasteiger partial charge in [-0.2, -0.15) is 0 Å². The van der Waals surface area contributed by atoms with E-state index in [4.69, 9.17) is 4.98 Å². The number of allylic oxidation sites excluding steroid dienone is 1. The van der Waals surface area contributed by atoms with Crippen molar-refractivity contribution in [3.63, 3.8) is 0 Å². The third kappa shape index (κ3) is 2.45. The summed E-state index contributed by atoms with van der Waals surface area (Å²) in [6, 6.07) is 11.6. The second-order valence-corrected chi connectivity index (χ2v) is 6.65. The van der Waals surface area contributed by atoms with Crippen molar-refractivity contribution >= 4 is 39.9 Å². The van der Waals surface area contributed by atoms with E-state index in [9.17, 15) is 9.90 Å². The summed E-state index contributed by atoms with van der Waals surface area (Å²) >= 11 is 1.68. The Hall–Kier alpha value is -2.46. The molecule has 3 aromatic rings. The van der Waals surface area contributed by atoms with Crippen molar-refractivity contribution in [1.82, 2.24) is 4.98 Å². The third-order valence-corrected chi connectivity index (χ3v) is 5.06. The maximum atomic E-state index is 11.9. The van der Waals surface area contributed by atoms with E-state index in [-0.39, 0.29) is 0 Å². The number of hydrogen-bond acceptors (Lipinski definition) is 3. The van der Waals surface area contributed by atoms with E-state index < -0.39 is 5.97 Å². The Morgan fingerprint density at radius 2 is 2.04 bits per heavy atom. The van der Waals surface area contributed by atoms with Crippen LogP contribution in [-0.4, -0.2) is 16.1 Å². The highest BCUT2D eigenvalue weighted by molar-refractivity contribution is 7.10. The summed E-state index contributed by atoms with van der Waals surface area (Å²) in [5, 5.41) is 12.5. The van der Waals surface area contributed by atoms with Crippen LogP contribution in [0.5, 0.6) is 0 Å². The molecule has 0 fully saturated rings. The topological polar surface area (TPSA) is 50.2 Å². The lowest BCUT2D eigenvalue weighted by molar-refractivity contribution is 0.0697. The Morgan fingerprint density at radius 1 is 1.17 bits per heavy atom. The molecule has 0 saturated carbocycles. The number of rotatable bonds is 2. The Labute approximate surface area is 137 Å². The maximum absolute atomic E-state index is 11.9. The van der Waals surface area contributed by atoms with Gasteiger partial charge in [0.25, 0.3) is 0 Å². The van der Waals surface area contributed by atoms with Gasteiger partial charge in [-0.15, -0.1) is 11.3 Å². The number of fused-ring (bicyclic) bond motifs is 2. The molecule has 1 aliphatic carbocycles. The highest BCUT2D eigenvalue weighted by Crippen LogP contribution is 2.36. The molecule has 0 bridgehead atoms. The van der Waals surface area contributed by atoms with Crippen LogP contribution in [-0.2, 0) is 6.42 Å². The summed E-state index contributed by atoms with van der Waals surface area (Å²) in [5.41, 5.74) is 4.05. The second kappa shape index (κ2) is 5.63. The zero-order chi connectivity index (χ0) is 15.8. The van der Waals surface area contributed by atoms with Crippen LogP contribution in [0, 0.1) is 0 Å². The van der Waals surface area contributed by atoms with Gasteiger partial charge < -0.3 is 5.11 Å². The largest absolute Gasteiger partial charge is 0.478 e. The fraction of sp³-hybridized carbons (Fsp3) is 0.158. The molecule has 2 aromatic heterocycles. The van der Waals surface area contributed by atoms with Crippen LogP contribution < -0.4 is 0 Å². The Balaban J connectivity index is 2.01. The number of carbonyl (C=O) groups is 1. The summed E-state index contributed by atoms with van der Waals surface area (Å²) in [4.78, 5) is 17.8. The Morgan fingerprint density at radius 3 is 2.83 bits per heavy atom. The number of carboxylic acids is 1. The van der Waals surface area contributed by atoms with Crippen LogP contribution in [0.4, 0.5) is 0 Å². The zero-order valence-electron chi connectivity index (χ0n) is 12.5. The van der Waals surface area contributed by atoms with E-state index in [2.05, 4.69) is 12.1 Å². The fourth-order valence-electron chi connectivity index (χ4n) is 3.26. The average molecular weight is 321 g/mol. The van der Waals surface area contributed by atoms with Crippen LogP contribution in [0.2, 0.25) is 0 Å². The normalized spacial score (nSPS) is 15.7. The van der Waals surface area contributed by atoms with Gasteiger partial charge >= 0.3 is 5.97 Å². The number of benzene rings is 1. The molecule has 1 aliphatic rings. The molecule has 4 heteroatoms. The number of nitrogens with zero attached hydrogens (tertiary/aromatic N) is 1. The van der Waals surface area contributed by atoms with Crippen molar-refractivity contribution in [3.05, 3.63) is 63.5 Å². The second-order valence-electron chi connectivity index (χ2n) is 5.67. The molecule has 23 heavy (non-hydrogen) atoms. The Bertz CT molecular complexity index is 926. The van der Waals surface area contributed by atoms with E-state index in [1.165, 1.54) is 4.88 Å². The fourth-order valence-corrected chi connectivity index (χ4v) is 3.95. The molecule has 1 N–H and O–H groups in total. The third-order valence-electron chi connectivity index (χ3n) is 4.24. The van der Waals surface area contributed by atoms with Crippen LogP contribution in [0.3, 0.4) is 0 Å². The molecule has 114 valence electrons. The smallest absolute Gasteiger partial charge is 0.336 e. The predicted octanol–water partition coefficient (Wildman–Crippen LogP) is 4.87. The summed E-state index contributed by atoms with van der Waals surface area (Å²) in [6.07, 6.45) is 4.83. The average Bonchev–Trinajstić information content (AvgIpc) is 3.06. The highest BCUT2D eigenvalue weighted by atomic mass is 32.1. The SMILES string of the molecule is O=C(O)c1c2c(nc3ccccc13)/C(=C\c1cccs1)CCC2. The quantitative estimate of drug-likeness (QED) is 0.732. The predicted molar refractivity (Wildman–Crippen MR) is 93.8 cm³/mol. The number of para-hydroxylation sites is 1. The van der Waals surface area contributed by atoms with Crippen LogP contribution in [0.25, 0.3) is 22.6 Å². The first-order chi connectivity index (χ1) is 11.2. The molecule has 0 unspecified atom stereocenters. The molecular formula is C19H15NO2S. The number of hydrogen-bond donors (Lipinski definition) is 1. The summed E-state index contributed by atoms with van der Waals surface area (Å²) < 4.78 is 0. The molecule has 0 spiro atoms. The minimum atomic E-state index is -0.864. The first kappa shape index (κ1) is 14.2. The molecule has 0 atom stereocenters. The van der Waals surface area contributed by atoms with Gasteiger partial charge in [0.05, 0.1) is 16.8 Å². The van der Waals surface area contributed by atoms with Gasteiger partial charge in [0.2, 0.25) is 0 Å². The molecule has 4 rings (SSSR count). The molecule has 1 aromatic carbocycles. The van der Waals surface area contributed by atoms with Gasteiger partial charge in [0, 0.05) is 10.3 Å². The van der Waals surface area contributed by atoms with Crippen LogP contribution in [0.1, 0.15) is 39.3 Å². The van der Waals surface area contributed by atoms with E-state index in [1.54, 1.807) is 11.3 Å². The van der Waals surface area contributed by atoms with Crippen molar-refractivity contribution in [3.8, 4) is 0 Å². The molecule has 0 amide bonds. The number of carboxylic acid groups (broad SMARTS) is 1. The van der Waals surface area contributed by atoms with Crippen LogP contribution >= 0.6 is 11.3 Å². The molecule has 0 saturated heterocycles. The van der Waals surface area contributed by atoms with Crippen molar-refractivity contribution in [2.75, 3.05) is 0 Å². The van der Waals surface area contributed by atoms with Gasteiger partial charge in [-0.1, -0.05) is 24.3 Å². The molecule has 2 heterocycles. The van der Waals surface area contributed by atoms with E-state index >= 15 is 0 Å². The van der Waals surface area contributed by atoms with Gasteiger partial charge in [-0.3, -0.25) is 0 Å². The van der Waals surface area contributed by atoms with Gasteiger partial charge in [-0.05, 0) is 54.0 Å². The van der Waals surface area contributed by atoms with E-state index in [0.717, 1.165) is 47.0 Å². The van der Waals surface area contributed by atoms with Crippen molar-refractivity contribution in [2.45, 2.75) is 19.3 Å². The summed E-state index contributed by atoms with van der Waals surface area (Å²) in [6.45, 7) is 0. The van der Waals surface area contributed by atoms with Crippen molar-refractivity contribution < 1.29 is 9.90 Å². The van der Waals surface area contributed by atoms with Crippen molar-refractivity contribution in [1.29, 1.82) is 0 Å². The number of aromatic nitrogens is 1. The van der Waals surface area contributed by atoms with Gasteiger partial charge in [0.1, 0.15) is 0 Å². The number of pyridine rings is 1. The van der Waals surface area contributed by atoms with Crippen molar-refractivity contribution in [2.24, 2.45) is 0 Å². The van der Waals surface area contributed by atoms with Gasteiger partial charge in [0.15, 0.2) is 0 Å². The lowest BCUT2D eigenvalue weighted by Crippen LogP contribution is -2.12. The lowest BCUT2D eigenvalue weighted by Gasteiger charge is -2.21. The standard InChI is InChI=1S/C19H15NO2S/c21-19(22)17-14-7-1-2-9-16(14)20-18-12(5-3-8-15(17)18)11-13-6-4-10-23-13/h1-2,4,6-7,9-11H,3,5,8H2,(H,21,22)/b12-11-. The zero-order valence-corrected chi connectivity index (χ0v) is 13.3. The maximum Gasteiger partial charge on any atom is 0.336 e. The highest BCUT2D eigenvalue weighted by Gasteiger charge is 2.24. The molecule has 3 nitrogen and oxygen atoms in total. The molecule has 0 aliphatic heterocycles. The van der Waals surface area contributed by atoms with Gasteiger partial charge in [-0.25, -0.2) is 9.78 Å². The summed E-state index contributed by atoms with van der Waals surface area (Å²) in [7, 11) is 0. The number of aromatic carboxylic acids is 1. The first-order valence-electron chi connectivity index (χ1n) is 7.63. The molecule has 0 radical (unpaired) electrons. The first-order valence-corrected chi connectivity index (χ1v) is 8.51. The number of thiophene rings is 1. The van der Waals surface area contributed by atoms with E-state index in [0.29, 0.717) is 5.56 Å². The van der Waals surface area contributed by atoms with Crippen LogP contribution in [0.15, 0.2) is 41.8 Å². The Kier molecular flexibility index (Phi) is 3.46. The monoisotopic (exact) mass is 321 g/mol.